The van der Waals surface area contributed by atoms with Crippen LogP contribution in [0.3, 0.4) is 0 Å². The Labute approximate surface area is 234 Å². The largest absolute Gasteiger partial charge is 0.338 e. The molecule has 218 valence electrons. The van der Waals surface area contributed by atoms with Crippen molar-refractivity contribution in [2.45, 2.75) is 168 Å². The number of aromatic nitrogens is 3. The molecule has 2 saturated heterocycles. The molecule has 3 rings (SSSR count). The second-order valence-electron chi connectivity index (χ2n) is 14.7. The van der Waals surface area contributed by atoms with Gasteiger partial charge in [0.2, 0.25) is 11.9 Å². The van der Waals surface area contributed by atoms with Crippen LogP contribution in [-0.2, 0) is 6.42 Å². The van der Waals surface area contributed by atoms with Crippen molar-refractivity contribution in [3.8, 4) is 0 Å². The third-order valence-corrected chi connectivity index (χ3v) is 8.21. The summed E-state index contributed by atoms with van der Waals surface area (Å²) in [5.74, 6) is 2.67. The molecule has 0 spiro atoms. The van der Waals surface area contributed by atoms with Gasteiger partial charge >= 0.3 is 0 Å². The molecule has 1 aromatic heterocycles. The van der Waals surface area contributed by atoms with Gasteiger partial charge in [-0.2, -0.15) is 15.0 Å². The van der Waals surface area contributed by atoms with Crippen molar-refractivity contribution in [3.63, 3.8) is 0 Å². The van der Waals surface area contributed by atoms with E-state index >= 15 is 0 Å². The zero-order valence-corrected chi connectivity index (χ0v) is 26.7. The lowest BCUT2D eigenvalue weighted by Gasteiger charge is -2.50. The van der Waals surface area contributed by atoms with Crippen molar-refractivity contribution in [3.05, 3.63) is 5.82 Å². The highest BCUT2D eigenvalue weighted by Gasteiger charge is 2.42. The summed E-state index contributed by atoms with van der Waals surface area (Å²) in [7, 11) is 0. The highest BCUT2D eigenvalue weighted by Crippen LogP contribution is 2.36. The van der Waals surface area contributed by atoms with Crippen molar-refractivity contribution in [2.24, 2.45) is 0 Å². The van der Waals surface area contributed by atoms with Crippen molar-refractivity contribution in [2.75, 3.05) is 22.9 Å². The van der Waals surface area contributed by atoms with Crippen LogP contribution in [0.4, 0.5) is 11.9 Å². The van der Waals surface area contributed by atoms with E-state index in [1.165, 1.54) is 0 Å². The summed E-state index contributed by atoms with van der Waals surface area (Å²) in [4.78, 5) is 20.6. The van der Waals surface area contributed by atoms with Gasteiger partial charge in [0.05, 0.1) is 0 Å². The van der Waals surface area contributed by atoms with Gasteiger partial charge in [0.15, 0.2) is 0 Å². The molecule has 7 nitrogen and oxygen atoms in total. The van der Waals surface area contributed by atoms with E-state index in [0.717, 1.165) is 88.6 Å². The molecular weight excluding hydrogens is 470 g/mol. The summed E-state index contributed by atoms with van der Waals surface area (Å²) in [6.45, 7) is 27.4. The van der Waals surface area contributed by atoms with E-state index in [1.54, 1.807) is 0 Å². The third-order valence-electron chi connectivity index (χ3n) is 8.21. The number of nitrogens with one attached hydrogen (secondary N) is 2. The molecule has 2 N–H and O–H groups in total. The van der Waals surface area contributed by atoms with Gasteiger partial charge in [0.25, 0.3) is 0 Å². The minimum absolute atomic E-state index is 0.0692. The fourth-order valence-electron chi connectivity index (χ4n) is 7.34. The second-order valence-corrected chi connectivity index (χ2v) is 14.7. The van der Waals surface area contributed by atoms with Crippen molar-refractivity contribution < 1.29 is 0 Å². The zero-order valence-electron chi connectivity index (χ0n) is 26.7. The molecule has 0 aromatic carbocycles. The van der Waals surface area contributed by atoms with Gasteiger partial charge in [-0.05, 0) is 93.9 Å². The quantitative estimate of drug-likeness (QED) is 0.350. The van der Waals surface area contributed by atoms with E-state index in [-0.39, 0.29) is 22.2 Å². The summed E-state index contributed by atoms with van der Waals surface area (Å²) >= 11 is 0. The predicted octanol–water partition coefficient (Wildman–Crippen LogP) is 6.27. The molecule has 7 heteroatoms. The summed E-state index contributed by atoms with van der Waals surface area (Å²) in [6, 6.07) is 0.794. The average molecular weight is 530 g/mol. The van der Waals surface area contributed by atoms with Crippen LogP contribution < -0.4 is 20.4 Å². The molecule has 0 amide bonds. The molecule has 0 saturated carbocycles. The lowest BCUT2D eigenvalue weighted by Crippen LogP contribution is -2.63. The predicted molar refractivity (Wildman–Crippen MR) is 162 cm³/mol. The molecule has 0 atom stereocenters. The Bertz CT molecular complexity index is 807. The Balaban J connectivity index is 2.06. The van der Waals surface area contributed by atoms with E-state index in [0.29, 0.717) is 12.1 Å². The van der Waals surface area contributed by atoms with Crippen molar-refractivity contribution in [1.29, 1.82) is 0 Å². The first-order valence-corrected chi connectivity index (χ1v) is 15.5. The normalized spacial score (nSPS) is 22.8. The molecular formula is C31H59N7. The van der Waals surface area contributed by atoms with Gasteiger partial charge in [-0.25, -0.2) is 0 Å². The van der Waals surface area contributed by atoms with Crippen molar-refractivity contribution in [1.82, 2.24) is 25.6 Å². The number of nitrogens with zero attached hydrogens (tertiary/aromatic N) is 5. The minimum atomic E-state index is 0.0692. The second kappa shape index (κ2) is 12.0. The molecule has 0 aliphatic carbocycles. The lowest BCUT2D eigenvalue weighted by molar-refractivity contribution is 0.157. The molecule has 3 heterocycles. The first kappa shape index (κ1) is 31.1. The Hall–Kier alpha value is -1.47. The van der Waals surface area contributed by atoms with Crippen LogP contribution in [0.5, 0.6) is 0 Å². The number of hydrogen-bond donors (Lipinski definition) is 2. The summed E-state index contributed by atoms with van der Waals surface area (Å²) < 4.78 is 0. The SMILES string of the molecule is CCCCN(c1nc(CC)nc(N(CCCC)C2CC(C)(C)NC(C)(C)C2)n1)C1CC(C)(C)NC(C)(C)C1. The number of anilines is 2. The number of piperidine rings is 2. The highest BCUT2D eigenvalue weighted by atomic mass is 15.4. The van der Waals surface area contributed by atoms with Gasteiger partial charge in [0, 0.05) is 53.7 Å². The van der Waals surface area contributed by atoms with E-state index in [1.807, 2.05) is 0 Å². The molecule has 0 unspecified atom stereocenters. The molecule has 2 aliphatic heterocycles. The standard InChI is InChI=1S/C31H59N7/c1-12-15-17-37(23-19-28(4,5)35-29(6,7)20-23)26-32-25(14-3)33-27(34-26)38(18-16-13-2)24-21-30(8,9)36-31(10,11)22-24/h23-24,35-36H,12-22H2,1-11H3. The monoisotopic (exact) mass is 529 g/mol. The van der Waals surface area contributed by atoms with Crippen LogP contribution in [0.15, 0.2) is 0 Å². The van der Waals surface area contributed by atoms with Gasteiger partial charge < -0.3 is 20.4 Å². The molecule has 38 heavy (non-hydrogen) atoms. The number of unbranched alkanes of at least 4 members (excludes halogenated alkanes) is 2. The van der Waals surface area contributed by atoms with Gasteiger partial charge in [0.1, 0.15) is 5.82 Å². The Morgan fingerprint density at radius 1 is 0.605 bits per heavy atom. The Morgan fingerprint density at radius 3 is 1.24 bits per heavy atom. The molecule has 1 aromatic rings. The van der Waals surface area contributed by atoms with Crippen LogP contribution in [0, 0.1) is 0 Å². The first-order valence-electron chi connectivity index (χ1n) is 15.5. The Kier molecular flexibility index (Phi) is 9.77. The molecule has 2 aliphatic rings. The van der Waals surface area contributed by atoms with Gasteiger partial charge in [-0.1, -0.05) is 33.6 Å². The fourth-order valence-corrected chi connectivity index (χ4v) is 7.34. The molecule has 0 radical (unpaired) electrons. The van der Waals surface area contributed by atoms with Gasteiger partial charge in [-0.15, -0.1) is 0 Å². The molecule has 0 bridgehead atoms. The van der Waals surface area contributed by atoms with E-state index in [9.17, 15) is 0 Å². The first-order chi connectivity index (χ1) is 17.6. The highest BCUT2D eigenvalue weighted by molar-refractivity contribution is 5.42. The van der Waals surface area contributed by atoms with Crippen LogP contribution in [0.25, 0.3) is 0 Å². The third kappa shape index (κ3) is 8.27. The number of rotatable bonds is 11. The lowest BCUT2D eigenvalue weighted by atomic mass is 9.79. The fraction of sp³-hybridized carbons (Fsp3) is 0.903. The zero-order chi connectivity index (χ0) is 28.4. The summed E-state index contributed by atoms with van der Waals surface area (Å²) in [5, 5.41) is 7.73. The van der Waals surface area contributed by atoms with Crippen LogP contribution in [0.1, 0.15) is 133 Å². The maximum absolute atomic E-state index is 5.32. The smallest absolute Gasteiger partial charge is 0.230 e. The maximum atomic E-state index is 5.32. The van der Waals surface area contributed by atoms with Crippen LogP contribution in [0.2, 0.25) is 0 Å². The van der Waals surface area contributed by atoms with Crippen LogP contribution in [-0.4, -0.2) is 62.3 Å². The van der Waals surface area contributed by atoms with E-state index in [2.05, 4.69) is 96.6 Å². The Morgan fingerprint density at radius 2 is 0.947 bits per heavy atom. The van der Waals surface area contributed by atoms with Crippen molar-refractivity contribution >= 4 is 11.9 Å². The maximum Gasteiger partial charge on any atom is 0.230 e. The van der Waals surface area contributed by atoms with E-state index < -0.39 is 0 Å². The summed E-state index contributed by atoms with van der Waals surface area (Å²) in [5.41, 5.74) is 0.277. The van der Waals surface area contributed by atoms with Crippen LogP contribution >= 0.6 is 0 Å². The molecule has 2 fully saturated rings. The average Bonchev–Trinajstić information content (AvgIpc) is 2.75. The van der Waals surface area contributed by atoms with E-state index in [4.69, 9.17) is 15.0 Å². The number of hydrogen-bond acceptors (Lipinski definition) is 7. The topological polar surface area (TPSA) is 69.2 Å². The summed E-state index contributed by atoms with van der Waals surface area (Å²) in [6.07, 6.45) is 9.75. The number of aryl methyl sites for hydroxylation is 1. The van der Waals surface area contributed by atoms with Gasteiger partial charge in [-0.3, -0.25) is 0 Å². The minimum Gasteiger partial charge on any atom is -0.338 e.